The van der Waals surface area contributed by atoms with Crippen molar-refractivity contribution in [2.75, 3.05) is 19.6 Å². The standard InChI is InChI=1S/C16H23NO/c1-13-6-5-10-17(12-13)11-9-16(18)15-8-4-3-7-14(15)2/h3-4,7-8,13H,5-6,9-12H2,1-2H3. The number of nitrogens with zero attached hydrogens (tertiary/aromatic N) is 1. The van der Waals surface area contributed by atoms with Crippen molar-refractivity contribution in [3.8, 4) is 0 Å². The zero-order valence-electron chi connectivity index (χ0n) is 11.5. The molecule has 1 aromatic carbocycles. The van der Waals surface area contributed by atoms with Crippen LogP contribution in [0.2, 0.25) is 0 Å². The smallest absolute Gasteiger partial charge is 0.164 e. The minimum Gasteiger partial charge on any atom is -0.303 e. The van der Waals surface area contributed by atoms with Gasteiger partial charge in [-0.1, -0.05) is 31.2 Å². The normalized spacial score (nSPS) is 20.9. The van der Waals surface area contributed by atoms with E-state index in [9.17, 15) is 4.79 Å². The van der Waals surface area contributed by atoms with Gasteiger partial charge in [0.2, 0.25) is 0 Å². The summed E-state index contributed by atoms with van der Waals surface area (Å²) in [4.78, 5) is 14.6. The molecule has 1 saturated heterocycles. The number of carbonyl (C=O) groups is 1. The molecule has 18 heavy (non-hydrogen) atoms. The Labute approximate surface area is 110 Å². The van der Waals surface area contributed by atoms with Crippen LogP contribution in [0.3, 0.4) is 0 Å². The first-order valence-electron chi connectivity index (χ1n) is 6.98. The van der Waals surface area contributed by atoms with E-state index in [0.717, 1.165) is 36.7 Å². The second kappa shape index (κ2) is 6.14. The molecule has 0 aromatic heterocycles. The zero-order chi connectivity index (χ0) is 13.0. The van der Waals surface area contributed by atoms with E-state index in [0.29, 0.717) is 6.42 Å². The number of likely N-dealkylation sites (tertiary alicyclic amines) is 1. The Hall–Kier alpha value is -1.15. The number of hydrogen-bond donors (Lipinski definition) is 0. The summed E-state index contributed by atoms with van der Waals surface area (Å²) in [5, 5.41) is 0. The zero-order valence-corrected chi connectivity index (χ0v) is 11.5. The monoisotopic (exact) mass is 245 g/mol. The van der Waals surface area contributed by atoms with E-state index < -0.39 is 0 Å². The van der Waals surface area contributed by atoms with Gasteiger partial charge < -0.3 is 4.90 Å². The fraction of sp³-hybridized carbons (Fsp3) is 0.562. The molecule has 0 saturated carbocycles. The summed E-state index contributed by atoms with van der Waals surface area (Å²) < 4.78 is 0. The van der Waals surface area contributed by atoms with Gasteiger partial charge in [-0.05, 0) is 37.8 Å². The quantitative estimate of drug-likeness (QED) is 0.759. The molecule has 1 aliphatic heterocycles. The number of rotatable bonds is 4. The van der Waals surface area contributed by atoms with Gasteiger partial charge in [-0.25, -0.2) is 0 Å². The number of carbonyl (C=O) groups excluding carboxylic acids is 1. The van der Waals surface area contributed by atoms with Gasteiger partial charge >= 0.3 is 0 Å². The number of hydrogen-bond acceptors (Lipinski definition) is 2. The van der Waals surface area contributed by atoms with Crippen LogP contribution in [0, 0.1) is 12.8 Å². The highest BCUT2D eigenvalue weighted by Crippen LogP contribution is 2.16. The first kappa shape index (κ1) is 13.3. The second-order valence-corrected chi connectivity index (χ2v) is 5.54. The predicted molar refractivity (Wildman–Crippen MR) is 75.0 cm³/mol. The van der Waals surface area contributed by atoms with E-state index in [1.165, 1.54) is 12.8 Å². The predicted octanol–water partition coefficient (Wildman–Crippen LogP) is 3.30. The molecular formula is C16H23NO. The summed E-state index contributed by atoms with van der Waals surface area (Å²) in [6.07, 6.45) is 3.26. The highest BCUT2D eigenvalue weighted by Gasteiger charge is 2.17. The molecule has 2 rings (SSSR count). The van der Waals surface area contributed by atoms with Crippen molar-refractivity contribution < 1.29 is 4.79 Å². The Bertz CT molecular complexity index is 413. The van der Waals surface area contributed by atoms with E-state index >= 15 is 0 Å². The third kappa shape index (κ3) is 3.42. The topological polar surface area (TPSA) is 20.3 Å². The lowest BCUT2D eigenvalue weighted by Crippen LogP contribution is -2.35. The van der Waals surface area contributed by atoms with E-state index in [2.05, 4.69) is 11.8 Å². The Morgan fingerprint density at radius 3 is 2.89 bits per heavy atom. The summed E-state index contributed by atoms with van der Waals surface area (Å²) in [6, 6.07) is 7.88. The molecule has 0 aliphatic carbocycles. The molecule has 1 atom stereocenters. The highest BCUT2D eigenvalue weighted by molar-refractivity contribution is 5.97. The van der Waals surface area contributed by atoms with E-state index in [4.69, 9.17) is 0 Å². The molecule has 0 bridgehead atoms. The third-order valence-corrected chi connectivity index (χ3v) is 3.84. The largest absolute Gasteiger partial charge is 0.303 e. The Kier molecular flexibility index (Phi) is 4.54. The van der Waals surface area contributed by atoms with Crippen LogP contribution in [0.4, 0.5) is 0 Å². The van der Waals surface area contributed by atoms with Gasteiger partial charge in [0.1, 0.15) is 0 Å². The number of Topliss-reactive ketones (excluding diaryl/α,β-unsaturated/α-hetero) is 1. The average Bonchev–Trinajstić information content (AvgIpc) is 2.37. The van der Waals surface area contributed by atoms with Crippen LogP contribution in [0.5, 0.6) is 0 Å². The van der Waals surface area contributed by atoms with Crippen molar-refractivity contribution in [1.82, 2.24) is 4.90 Å². The molecule has 2 heteroatoms. The highest BCUT2D eigenvalue weighted by atomic mass is 16.1. The maximum Gasteiger partial charge on any atom is 0.164 e. The molecule has 1 aromatic rings. The Morgan fingerprint density at radius 1 is 1.39 bits per heavy atom. The molecule has 0 spiro atoms. The van der Waals surface area contributed by atoms with E-state index in [1.807, 2.05) is 31.2 Å². The van der Waals surface area contributed by atoms with E-state index in [1.54, 1.807) is 0 Å². The molecule has 0 amide bonds. The molecule has 1 unspecified atom stereocenters. The lowest BCUT2D eigenvalue weighted by atomic mass is 9.99. The summed E-state index contributed by atoms with van der Waals surface area (Å²) in [5.41, 5.74) is 1.98. The molecule has 1 heterocycles. The molecule has 1 aliphatic rings. The van der Waals surface area contributed by atoms with Crippen LogP contribution in [0.25, 0.3) is 0 Å². The van der Waals surface area contributed by atoms with E-state index in [-0.39, 0.29) is 5.78 Å². The Morgan fingerprint density at radius 2 is 2.17 bits per heavy atom. The van der Waals surface area contributed by atoms with Crippen LogP contribution < -0.4 is 0 Å². The first-order chi connectivity index (χ1) is 8.66. The lowest BCUT2D eigenvalue weighted by Gasteiger charge is -2.30. The molecule has 98 valence electrons. The van der Waals surface area contributed by atoms with Crippen molar-refractivity contribution in [2.24, 2.45) is 5.92 Å². The summed E-state index contributed by atoms with van der Waals surface area (Å²) >= 11 is 0. The van der Waals surface area contributed by atoms with Gasteiger partial charge in [0.05, 0.1) is 0 Å². The van der Waals surface area contributed by atoms with Gasteiger partial charge in [-0.2, -0.15) is 0 Å². The fourth-order valence-electron chi connectivity index (χ4n) is 2.77. The molecule has 1 fully saturated rings. The summed E-state index contributed by atoms with van der Waals surface area (Å²) in [5.74, 6) is 1.07. The van der Waals surface area contributed by atoms with Crippen LogP contribution in [-0.2, 0) is 0 Å². The second-order valence-electron chi connectivity index (χ2n) is 5.54. The lowest BCUT2D eigenvalue weighted by molar-refractivity contribution is 0.0948. The molecule has 2 nitrogen and oxygen atoms in total. The minimum absolute atomic E-state index is 0.284. The van der Waals surface area contributed by atoms with Gasteiger partial charge in [0.25, 0.3) is 0 Å². The number of ketones is 1. The van der Waals surface area contributed by atoms with Crippen LogP contribution in [0.15, 0.2) is 24.3 Å². The van der Waals surface area contributed by atoms with Crippen LogP contribution in [0.1, 0.15) is 42.1 Å². The van der Waals surface area contributed by atoms with Crippen molar-refractivity contribution in [1.29, 1.82) is 0 Å². The van der Waals surface area contributed by atoms with Gasteiger partial charge in [-0.3, -0.25) is 4.79 Å². The number of piperidine rings is 1. The van der Waals surface area contributed by atoms with Gasteiger partial charge in [0.15, 0.2) is 5.78 Å². The third-order valence-electron chi connectivity index (χ3n) is 3.84. The number of aryl methyl sites for hydroxylation is 1. The maximum atomic E-state index is 12.2. The Balaban J connectivity index is 1.87. The first-order valence-corrected chi connectivity index (χ1v) is 6.98. The summed E-state index contributed by atoms with van der Waals surface area (Å²) in [6.45, 7) is 7.54. The SMILES string of the molecule is Cc1ccccc1C(=O)CCN1CCCC(C)C1. The molecule has 0 N–H and O–H groups in total. The van der Waals surface area contributed by atoms with Crippen molar-refractivity contribution >= 4 is 5.78 Å². The molecule has 0 radical (unpaired) electrons. The molecular weight excluding hydrogens is 222 g/mol. The maximum absolute atomic E-state index is 12.2. The fourth-order valence-corrected chi connectivity index (χ4v) is 2.77. The van der Waals surface area contributed by atoms with Crippen LogP contribution >= 0.6 is 0 Å². The van der Waals surface area contributed by atoms with Crippen molar-refractivity contribution in [3.63, 3.8) is 0 Å². The number of benzene rings is 1. The van der Waals surface area contributed by atoms with Gasteiger partial charge in [0, 0.05) is 25.1 Å². The summed E-state index contributed by atoms with van der Waals surface area (Å²) in [7, 11) is 0. The van der Waals surface area contributed by atoms with Crippen molar-refractivity contribution in [3.05, 3.63) is 35.4 Å². The average molecular weight is 245 g/mol. The van der Waals surface area contributed by atoms with Gasteiger partial charge in [-0.15, -0.1) is 0 Å². The minimum atomic E-state index is 0.284. The van der Waals surface area contributed by atoms with Crippen molar-refractivity contribution in [2.45, 2.75) is 33.1 Å². The van der Waals surface area contributed by atoms with Crippen LogP contribution in [-0.4, -0.2) is 30.3 Å².